The molecule has 0 amide bonds. The number of nitrogens with one attached hydrogen (secondary N) is 1. The van der Waals surface area contributed by atoms with Gasteiger partial charge in [0, 0.05) is 12.6 Å². The number of nitro benzene ring substituents is 1. The molecule has 1 aromatic rings. The molecule has 1 aliphatic carbocycles. The number of aliphatic hydroxyl groups excluding tert-OH is 1. The van der Waals surface area contributed by atoms with Crippen molar-refractivity contribution in [2.75, 3.05) is 11.9 Å². The van der Waals surface area contributed by atoms with Gasteiger partial charge in [-0.1, -0.05) is 0 Å². The SMILES string of the molecule is O=[N+]([O-])c1ccc(CO)cc1NCC1CC1. The Hall–Kier alpha value is -1.62. The van der Waals surface area contributed by atoms with Crippen LogP contribution in [0.3, 0.4) is 0 Å². The van der Waals surface area contributed by atoms with E-state index in [1.54, 1.807) is 12.1 Å². The van der Waals surface area contributed by atoms with Gasteiger partial charge in [0.1, 0.15) is 5.69 Å². The summed E-state index contributed by atoms with van der Waals surface area (Å²) < 4.78 is 0. The van der Waals surface area contributed by atoms with E-state index in [-0.39, 0.29) is 12.3 Å². The Morgan fingerprint density at radius 1 is 1.50 bits per heavy atom. The number of hydrogen-bond acceptors (Lipinski definition) is 4. The van der Waals surface area contributed by atoms with E-state index in [0.29, 0.717) is 17.2 Å². The fourth-order valence-electron chi connectivity index (χ4n) is 1.56. The van der Waals surface area contributed by atoms with Crippen LogP contribution in [0.1, 0.15) is 18.4 Å². The average Bonchev–Trinajstić information content (AvgIpc) is 3.09. The number of benzene rings is 1. The van der Waals surface area contributed by atoms with Crippen LogP contribution in [0.4, 0.5) is 11.4 Å². The minimum absolute atomic E-state index is 0.0675. The van der Waals surface area contributed by atoms with Crippen molar-refractivity contribution >= 4 is 11.4 Å². The molecule has 5 nitrogen and oxygen atoms in total. The molecule has 0 bridgehead atoms. The van der Waals surface area contributed by atoms with E-state index < -0.39 is 4.92 Å². The lowest BCUT2D eigenvalue weighted by Gasteiger charge is -2.07. The quantitative estimate of drug-likeness (QED) is 0.589. The van der Waals surface area contributed by atoms with Gasteiger partial charge in [0.25, 0.3) is 5.69 Å². The molecular weight excluding hydrogens is 208 g/mol. The number of hydrogen-bond donors (Lipinski definition) is 2. The molecule has 0 spiro atoms. The Morgan fingerprint density at radius 3 is 2.81 bits per heavy atom. The molecule has 86 valence electrons. The van der Waals surface area contributed by atoms with Crippen LogP contribution in [0.15, 0.2) is 18.2 Å². The van der Waals surface area contributed by atoms with Gasteiger partial charge in [0.05, 0.1) is 11.5 Å². The standard InChI is InChI=1S/C11H14N2O3/c14-7-9-3-4-11(13(15)16)10(5-9)12-6-8-1-2-8/h3-5,8,12,14H,1-2,6-7H2. The predicted octanol–water partition coefficient (Wildman–Crippen LogP) is 1.91. The van der Waals surface area contributed by atoms with Gasteiger partial charge in [-0.05, 0) is 36.5 Å². The molecule has 0 aliphatic heterocycles. The molecule has 16 heavy (non-hydrogen) atoms. The highest BCUT2D eigenvalue weighted by Crippen LogP contribution is 2.31. The number of aliphatic hydroxyl groups is 1. The van der Waals surface area contributed by atoms with Gasteiger partial charge < -0.3 is 10.4 Å². The van der Waals surface area contributed by atoms with Gasteiger partial charge in [0.15, 0.2) is 0 Å². The highest BCUT2D eigenvalue weighted by Gasteiger charge is 2.22. The van der Waals surface area contributed by atoms with Crippen molar-refractivity contribution in [1.29, 1.82) is 0 Å². The summed E-state index contributed by atoms with van der Waals surface area (Å²) in [5, 5.41) is 22.8. The molecule has 0 unspecified atom stereocenters. The van der Waals surface area contributed by atoms with Crippen molar-refractivity contribution in [3.63, 3.8) is 0 Å². The first-order chi connectivity index (χ1) is 7.70. The molecule has 1 saturated carbocycles. The third-order valence-electron chi connectivity index (χ3n) is 2.72. The second kappa shape index (κ2) is 4.49. The van der Waals surface area contributed by atoms with Crippen LogP contribution in [0.2, 0.25) is 0 Å². The number of rotatable bonds is 5. The van der Waals surface area contributed by atoms with Crippen LogP contribution in [0, 0.1) is 16.0 Å². The monoisotopic (exact) mass is 222 g/mol. The van der Waals surface area contributed by atoms with E-state index in [9.17, 15) is 10.1 Å². The minimum Gasteiger partial charge on any atom is -0.392 e. The van der Waals surface area contributed by atoms with E-state index in [2.05, 4.69) is 5.32 Å². The second-order valence-corrected chi connectivity index (χ2v) is 4.09. The Bertz CT molecular complexity index is 402. The van der Waals surface area contributed by atoms with E-state index >= 15 is 0 Å². The zero-order valence-electron chi connectivity index (χ0n) is 8.85. The predicted molar refractivity (Wildman–Crippen MR) is 60.2 cm³/mol. The van der Waals surface area contributed by atoms with Gasteiger partial charge in [-0.2, -0.15) is 0 Å². The lowest BCUT2D eigenvalue weighted by atomic mass is 10.2. The molecule has 0 saturated heterocycles. The third-order valence-corrected chi connectivity index (χ3v) is 2.72. The first kappa shape index (κ1) is 10.9. The summed E-state index contributed by atoms with van der Waals surface area (Å²) in [4.78, 5) is 10.4. The number of nitrogens with zero attached hydrogens (tertiary/aromatic N) is 1. The molecule has 0 atom stereocenters. The van der Waals surface area contributed by atoms with Crippen LogP contribution >= 0.6 is 0 Å². The van der Waals surface area contributed by atoms with Crippen molar-refractivity contribution in [3.8, 4) is 0 Å². The maximum Gasteiger partial charge on any atom is 0.292 e. The van der Waals surface area contributed by atoms with E-state index in [4.69, 9.17) is 5.11 Å². The molecule has 1 fully saturated rings. The van der Waals surface area contributed by atoms with Crippen LogP contribution < -0.4 is 5.32 Å². The summed E-state index contributed by atoms with van der Waals surface area (Å²) in [6.07, 6.45) is 2.39. The zero-order chi connectivity index (χ0) is 11.5. The molecule has 2 N–H and O–H groups in total. The van der Waals surface area contributed by atoms with Crippen LogP contribution in [-0.2, 0) is 6.61 Å². The number of nitro groups is 1. The molecule has 0 aromatic heterocycles. The summed E-state index contributed by atoms with van der Waals surface area (Å²) in [6, 6.07) is 4.64. The van der Waals surface area contributed by atoms with Gasteiger partial charge >= 0.3 is 0 Å². The fraction of sp³-hybridized carbons (Fsp3) is 0.455. The third kappa shape index (κ3) is 2.49. The lowest BCUT2D eigenvalue weighted by molar-refractivity contribution is -0.384. The van der Waals surface area contributed by atoms with E-state index in [1.807, 2.05) is 0 Å². The first-order valence-electron chi connectivity index (χ1n) is 5.32. The fourth-order valence-corrected chi connectivity index (χ4v) is 1.56. The summed E-state index contributed by atoms with van der Waals surface area (Å²) in [6.45, 7) is 0.672. The maximum absolute atomic E-state index is 10.8. The Morgan fingerprint density at radius 2 is 2.25 bits per heavy atom. The Balaban J connectivity index is 2.18. The molecule has 5 heteroatoms. The molecule has 0 heterocycles. The summed E-state index contributed by atoms with van der Waals surface area (Å²) in [5.74, 6) is 0.650. The van der Waals surface area contributed by atoms with Crippen LogP contribution in [0.5, 0.6) is 0 Å². The van der Waals surface area contributed by atoms with Crippen molar-refractivity contribution in [2.24, 2.45) is 5.92 Å². The van der Waals surface area contributed by atoms with Crippen LogP contribution in [-0.4, -0.2) is 16.6 Å². The highest BCUT2D eigenvalue weighted by molar-refractivity contribution is 5.62. The van der Waals surface area contributed by atoms with Gasteiger partial charge in [0.2, 0.25) is 0 Å². The van der Waals surface area contributed by atoms with Gasteiger partial charge in [-0.15, -0.1) is 0 Å². The minimum atomic E-state index is -0.406. The Kier molecular flexibility index (Phi) is 3.05. The summed E-state index contributed by atoms with van der Waals surface area (Å²) in [5.41, 5.74) is 1.25. The van der Waals surface area contributed by atoms with Crippen LogP contribution in [0.25, 0.3) is 0 Å². The smallest absolute Gasteiger partial charge is 0.292 e. The summed E-state index contributed by atoms with van der Waals surface area (Å²) >= 11 is 0. The molecule has 1 aliphatic rings. The summed E-state index contributed by atoms with van der Waals surface area (Å²) in [7, 11) is 0. The second-order valence-electron chi connectivity index (χ2n) is 4.09. The largest absolute Gasteiger partial charge is 0.392 e. The molecule has 0 radical (unpaired) electrons. The topological polar surface area (TPSA) is 75.4 Å². The number of anilines is 1. The highest BCUT2D eigenvalue weighted by atomic mass is 16.6. The van der Waals surface area contributed by atoms with Crippen molar-refractivity contribution in [1.82, 2.24) is 0 Å². The maximum atomic E-state index is 10.8. The van der Waals surface area contributed by atoms with Crippen molar-refractivity contribution < 1.29 is 10.0 Å². The first-order valence-corrected chi connectivity index (χ1v) is 5.32. The van der Waals surface area contributed by atoms with Crippen molar-refractivity contribution in [3.05, 3.63) is 33.9 Å². The normalized spacial score (nSPS) is 14.8. The van der Waals surface area contributed by atoms with E-state index in [0.717, 1.165) is 6.54 Å². The molecule has 1 aromatic carbocycles. The Labute approximate surface area is 93.2 Å². The van der Waals surface area contributed by atoms with E-state index in [1.165, 1.54) is 18.9 Å². The van der Waals surface area contributed by atoms with Gasteiger partial charge in [-0.3, -0.25) is 10.1 Å². The average molecular weight is 222 g/mol. The van der Waals surface area contributed by atoms with Crippen molar-refractivity contribution in [2.45, 2.75) is 19.4 Å². The zero-order valence-corrected chi connectivity index (χ0v) is 8.85. The lowest BCUT2D eigenvalue weighted by Crippen LogP contribution is -2.06. The molecule has 2 rings (SSSR count). The van der Waals surface area contributed by atoms with Gasteiger partial charge in [-0.25, -0.2) is 0 Å². The molecular formula is C11H14N2O3.